The fourth-order valence-electron chi connectivity index (χ4n) is 0.943. The lowest BCUT2D eigenvalue weighted by atomic mass is 10.2. The SMILES string of the molecule is Nc1nc(-c2ccncc2)co1. The third-order valence-corrected chi connectivity index (χ3v) is 1.50. The number of hydrogen-bond acceptors (Lipinski definition) is 4. The van der Waals surface area contributed by atoms with Crippen LogP contribution in [0.5, 0.6) is 0 Å². The molecule has 0 atom stereocenters. The Labute approximate surface area is 69.1 Å². The van der Waals surface area contributed by atoms with E-state index in [0.29, 0.717) is 0 Å². The van der Waals surface area contributed by atoms with Gasteiger partial charge in [-0.25, -0.2) is 0 Å². The summed E-state index contributed by atoms with van der Waals surface area (Å²) in [6, 6.07) is 3.87. The topological polar surface area (TPSA) is 64.9 Å². The van der Waals surface area contributed by atoms with Gasteiger partial charge in [-0.2, -0.15) is 4.98 Å². The third kappa shape index (κ3) is 1.14. The molecule has 0 aliphatic heterocycles. The zero-order valence-electron chi connectivity index (χ0n) is 6.27. The molecule has 2 aromatic heterocycles. The van der Waals surface area contributed by atoms with Gasteiger partial charge in [-0.15, -0.1) is 0 Å². The minimum atomic E-state index is 0.182. The maximum Gasteiger partial charge on any atom is 0.292 e. The Morgan fingerprint density at radius 2 is 2.00 bits per heavy atom. The summed E-state index contributed by atoms with van der Waals surface area (Å²) in [5.74, 6) is 0. The van der Waals surface area contributed by atoms with Gasteiger partial charge >= 0.3 is 0 Å². The van der Waals surface area contributed by atoms with E-state index < -0.39 is 0 Å². The number of nitrogens with two attached hydrogens (primary N) is 1. The molecule has 4 heteroatoms. The van der Waals surface area contributed by atoms with Gasteiger partial charge < -0.3 is 10.2 Å². The largest absolute Gasteiger partial charge is 0.432 e. The molecule has 0 aliphatic rings. The minimum absolute atomic E-state index is 0.182. The first-order chi connectivity index (χ1) is 5.86. The monoisotopic (exact) mass is 161 g/mol. The van der Waals surface area contributed by atoms with Gasteiger partial charge in [0.1, 0.15) is 12.0 Å². The van der Waals surface area contributed by atoms with Gasteiger partial charge in [0.25, 0.3) is 6.01 Å². The normalized spacial score (nSPS) is 10.0. The van der Waals surface area contributed by atoms with Crippen LogP contribution in [0.25, 0.3) is 11.3 Å². The van der Waals surface area contributed by atoms with Gasteiger partial charge in [0.2, 0.25) is 0 Å². The zero-order chi connectivity index (χ0) is 8.39. The number of oxazole rings is 1. The summed E-state index contributed by atoms with van der Waals surface area (Å²) in [5, 5.41) is 0. The number of aromatic nitrogens is 2. The number of nitrogen functional groups attached to an aromatic ring is 1. The van der Waals surface area contributed by atoms with Crippen LogP contribution in [-0.4, -0.2) is 9.97 Å². The highest BCUT2D eigenvalue weighted by Crippen LogP contribution is 2.17. The highest BCUT2D eigenvalue weighted by atomic mass is 16.4. The minimum Gasteiger partial charge on any atom is -0.432 e. The molecule has 0 aliphatic carbocycles. The molecule has 2 heterocycles. The van der Waals surface area contributed by atoms with Crippen molar-refractivity contribution in [2.24, 2.45) is 0 Å². The smallest absolute Gasteiger partial charge is 0.292 e. The summed E-state index contributed by atoms with van der Waals surface area (Å²) in [7, 11) is 0. The van der Waals surface area contributed by atoms with Crippen molar-refractivity contribution in [1.82, 2.24) is 9.97 Å². The Morgan fingerprint density at radius 3 is 2.58 bits per heavy atom. The molecule has 0 radical (unpaired) electrons. The van der Waals surface area contributed by atoms with Crippen LogP contribution in [0.2, 0.25) is 0 Å². The Hall–Kier alpha value is -1.84. The first kappa shape index (κ1) is 6.84. The van der Waals surface area contributed by atoms with Gasteiger partial charge in [0.15, 0.2) is 0 Å². The van der Waals surface area contributed by atoms with Crippen molar-refractivity contribution in [3.8, 4) is 11.3 Å². The number of rotatable bonds is 1. The van der Waals surface area contributed by atoms with Gasteiger partial charge in [-0.3, -0.25) is 4.98 Å². The van der Waals surface area contributed by atoms with Crippen LogP contribution in [0.4, 0.5) is 6.01 Å². The van der Waals surface area contributed by atoms with Crippen LogP contribution >= 0.6 is 0 Å². The first-order valence-corrected chi connectivity index (χ1v) is 3.47. The van der Waals surface area contributed by atoms with Crippen molar-refractivity contribution < 1.29 is 4.42 Å². The maximum atomic E-state index is 5.32. The molecule has 12 heavy (non-hydrogen) atoms. The predicted molar refractivity (Wildman–Crippen MR) is 44.1 cm³/mol. The molecule has 2 N–H and O–H groups in total. The average Bonchev–Trinajstić information content (AvgIpc) is 2.54. The molecule has 0 bridgehead atoms. The van der Waals surface area contributed by atoms with Gasteiger partial charge in [0, 0.05) is 18.0 Å². The summed E-state index contributed by atoms with van der Waals surface area (Å²) in [5.41, 5.74) is 7.00. The molecule has 60 valence electrons. The molecule has 2 rings (SSSR count). The Balaban J connectivity index is 2.45. The highest BCUT2D eigenvalue weighted by Gasteiger charge is 2.01. The van der Waals surface area contributed by atoms with Gasteiger partial charge in [0.05, 0.1) is 0 Å². The second-order valence-electron chi connectivity index (χ2n) is 2.31. The van der Waals surface area contributed by atoms with E-state index in [-0.39, 0.29) is 6.01 Å². The van der Waals surface area contributed by atoms with Crippen molar-refractivity contribution in [3.05, 3.63) is 30.8 Å². The lowest BCUT2D eigenvalue weighted by Crippen LogP contribution is -1.83. The van der Waals surface area contributed by atoms with Crippen LogP contribution in [0, 0.1) is 0 Å². The molecule has 0 unspecified atom stereocenters. The van der Waals surface area contributed by atoms with Crippen LogP contribution in [0.1, 0.15) is 0 Å². The van der Waals surface area contributed by atoms with Crippen molar-refractivity contribution in [2.75, 3.05) is 5.73 Å². The van der Waals surface area contributed by atoms with Crippen molar-refractivity contribution in [3.63, 3.8) is 0 Å². The van der Waals surface area contributed by atoms with Crippen LogP contribution in [0.15, 0.2) is 35.2 Å². The van der Waals surface area contributed by atoms with Crippen molar-refractivity contribution in [1.29, 1.82) is 0 Å². The molecular formula is C8H7N3O. The number of anilines is 1. The van der Waals surface area contributed by atoms with Crippen LogP contribution in [0.3, 0.4) is 0 Å². The highest BCUT2D eigenvalue weighted by molar-refractivity contribution is 5.57. The molecule has 2 aromatic rings. The third-order valence-electron chi connectivity index (χ3n) is 1.50. The van der Waals surface area contributed by atoms with Gasteiger partial charge in [-0.1, -0.05) is 0 Å². The number of pyridine rings is 1. The summed E-state index contributed by atoms with van der Waals surface area (Å²) in [6.07, 6.45) is 4.91. The fourth-order valence-corrected chi connectivity index (χ4v) is 0.943. The van der Waals surface area contributed by atoms with E-state index in [1.54, 1.807) is 12.4 Å². The van der Waals surface area contributed by atoms with E-state index in [2.05, 4.69) is 9.97 Å². The zero-order valence-corrected chi connectivity index (χ0v) is 6.27. The molecular weight excluding hydrogens is 154 g/mol. The standard InChI is InChI=1S/C8H7N3O/c9-8-11-7(5-12-8)6-1-3-10-4-2-6/h1-5H,(H2,9,11). The molecule has 0 aromatic carbocycles. The van der Waals surface area contributed by atoms with Crippen LogP contribution < -0.4 is 5.73 Å². The molecule has 0 spiro atoms. The lowest BCUT2D eigenvalue weighted by Gasteiger charge is -1.90. The van der Waals surface area contributed by atoms with Crippen molar-refractivity contribution >= 4 is 6.01 Å². The summed E-state index contributed by atoms with van der Waals surface area (Å²) < 4.78 is 4.87. The van der Waals surface area contributed by atoms with E-state index in [1.807, 2.05) is 12.1 Å². The molecule has 0 saturated heterocycles. The average molecular weight is 161 g/mol. The predicted octanol–water partition coefficient (Wildman–Crippen LogP) is 1.32. The number of nitrogens with zero attached hydrogens (tertiary/aromatic N) is 2. The van der Waals surface area contributed by atoms with Gasteiger partial charge in [-0.05, 0) is 12.1 Å². The van der Waals surface area contributed by atoms with E-state index in [1.165, 1.54) is 6.26 Å². The molecule has 4 nitrogen and oxygen atoms in total. The second-order valence-corrected chi connectivity index (χ2v) is 2.31. The van der Waals surface area contributed by atoms with E-state index >= 15 is 0 Å². The number of hydrogen-bond donors (Lipinski definition) is 1. The molecule has 0 saturated carbocycles. The van der Waals surface area contributed by atoms with E-state index in [4.69, 9.17) is 10.2 Å². The maximum absolute atomic E-state index is 5.32. The van der Waals surface area contributed by atoms with Crippen molar-refractivity contribution in [2.45, 2.75) is 0 Å². The lowest BCUT2D eigenvalue weighted by molar-refractivity contribution is 0.581. The molecule has 0 amide bonds. The van der Waals surface area contributed by atoms with E-state index in [0.717, 1.165) is 11.3 Å². The Kier molecular flexibility index (Phi) is 1.51. The first-order valence-electron chi connectivity index (χ1n) is 3.47. The Bertz CT molecular complexity index is 369. The quantitative estimate of drug-likeness (QED) is 0.685. The molecule has 0 fully saturated rings. The second kappa shape index (κ2) is 2.65. The van der Waals surface area contributed by atoms with Crippen LogP contribution in [-0.2, 0) is 0 Å². The summed E-state index contributed by atoms with van der Waals surface area (Å²) in [6.45, 7) is 0. The van der Waals surface area contributed by atoms with E-state index in [9.17, 15) is 0 Å². The fraction of sp³-hybridized carbons (Fsp3) is 0. The Morgan fingerprint density at radius 1 is 1.25 bits per heavy atom. The summed E-state index contributed by atoms with van der Waals surface area (Å²) in [4.78, 5) is 7.85. The summed E-state index contributed by atoms with van der Waals surface area (Å²) >= 11 is 0.